The van der Waals surface area contributed by atoms with Gasteiger partial charge >= 0.3 is 0 Å². The van der Waals surface area contributed by atoms with Crippen molar-refractivity contribution >= 4 is 23.1 Å². The number of carbonyl (C=O) groups is 2. The first-order valence-corrected chi connectivity index (χ1v) is 10.3. The molecule has 0 bridgehead atoms. The van der Waals surface area contributed by atoms with Gasteiger partial charge in [0.2, 0.25) is 0 Å². The minimum atomic E-state index is -0.914. The van der Waals surface area contributed by atoms with Crippen molar-refractivity contribution in [2.45, 2.75) is 12.5 Å². The number of anilines is 1. The van der Waals surface area contributed by atoms with Crippen LogP contribution in [0.5, 0.6) is 11.5 Å². The third kappa shape index (κ3) is 3.38. The zero-order chi connectivity index (χ0) is 23.1. The predicted octanol–water partition coefficient (Wildman–Crippen LogP) is 3.83. The number of aliphatic hydroxyl groups excluding tert-OH is 1. The number of hydrogen-bond donors (Lipinski definition) is 2. The molecule has 0 saturated carbocycles. The summed E-state index contributed by atoms with van der Waals surface area (Å²) in [4.78, 5) is 27.6. The Labute approximate surface area is 189 Å². The van der Waals surface area contributed by atoms with Gasteiger partial charge in [-0.05, 0) is 65.7 Å². The number of aromatic hydroxyl groups is 1. The maximum Gasteiger partial charge on any atom is 0.300 e. The average Bonchev–Trinajstić information content (AvgIpc) is 3.41. The number of rotatable bonds is 3. The maximum absolute atomic E-state index is 13.2. The molecule has 1 atom stereocenters. The van der Waals surface area contributed by atoms with E-state index in [1.54, 1.807) is 54.6 Å². The van der Waals surface area contributed by atoms with Gasteiger partial charge in [-0.1, -0.05) is 12.1 Å². The highest BCUT2D eigenvalue weighted by atomic mass is 16.5. The van der Waals surface area contributed by atoms with E-state index in [1.807, 2.05) is 6.07 Å². The Balaban J connectivity index is 1.69. The molecule has 33 heavy (non-hydrogen) atoms. The lowest BCUT2D eigenvalue weighted by Gasteiger charge is -2.25. The number of phenolic OH excluding ortho intramolecular Hbond substituents is 1. The molecule has 3 aromatic rings. The van der Waals surface area contributed by atoms with Crippen molar-refractivity contribution in [3.05, 3.63) is 94.6 Å². The van der Waals surface area contributed by atoms with E-state index in [1.165, 1.54) is 17.0 Å². The van der Waals surface area contributed by atoms with Crippen LogP contribution in [0.3, 0.4) is 0 Å². The van der Waals surface area contributed by atoms with Crippen LogP contribution in [-0.2, 0) is 16.0 Å². The van der Waals surface area contributed by atoms with Crippen LogP contribution in [0.1, 0.15) is 28.3 Å². The fourth-order valence-electron chi connectivity index (χ4n) is 4.26. The van der Waals surface area contributed by atoms with Crippen LogP contribution in [0, 0.1) is 11.3 Å². The Morgan fingerprint density at radius 1 is 1.03 bits per heavy atom. The summed E-state index contributed by atoms with van der Waals surface area (Å²) in [6, 6.07) is 18.7. The van der Waals surface area contributed by atoms with Crippen LogP contribution in [0.4, 0.5) is 5.69 Å². The van der Waals surface area contributed by atoms with Gasteiger partial charge in [-0.3, -0.25) is 14.5 Å². The molecule has 0 radical (unpaired) electrons. The van der Waals surface area contributed by atoms with E-state index in [-0.39, 0.29) is 17.1 Å². The Hall–Kier alpha value is -4.57. The lowest BCUT2D eigenvalue weighted by Crippen LogP contribution is -2.29. The van der Waals surface area contributed by atoms with Crippen LogP contribution in [0.2, 0.25) is 0 Å². The number of hydrogen-bond acceptors (Lipinski definition) is 6. The Bertz CT molecular complexity index is 1350. The molecule has 0 spiro atoms. The number of nitriles is 1. The van der Waals surface area contributed by atoms with Gasteiger partial charge in [0.05, 0.1) is 29.9 Å². The first kappa shape index (κ1) is 20.3. The first-order valence-electron chi connectivity index (χ1n) is 10.3. The van der Waals surface area contributed by atoms with E-state index in [0.717, 1.165) is 11.3 Å². The molecule has 2 aliphatic heterocycles. The molecule has 7 heteroatoms. The number of aliphatic hydroxyl groups is 1. The predicted molar refractivity (Wildman–Crippen MR) is 120 cm³/mol. The lowest BCUT2D eigenvalue weighted by atomic mass is 9.94. The van der Waals surface area contributed by atoms with Crippen molar-refractivity contribution in [3.8, 4) is 17.6 Å². The highest BCUT2D eigenvalue weighted by molar-refractivity contribution is 6.51. The van der Waals surface area contributed by atoms with Crippen LogP contribution < -0.4 is 9.64 Å². The highest BCUT2D eigenvalue weighted by Crippen LogP contribution is 2.43. The molecule has 2 aliphatic rings. The third-order valence-corrected chi connectivity index (χ3v) is 5.89. The monoisotopic (exact) mass is 438 g/mol. The van der Waals surface area contributed by atoms with Gasteiger partial charge in [-0.25, -0.2) is 0 Å². The minimum absolute atomic E-state index is 0.0349. The van der Waals surface area contributed by atoms with Crippen molar-refractivity contribution in [2.75, 3.05) is 11.5 Å². The fraction of sp³-hybridized carbons (Fsp3) is 0.115. The first-order chi connectivity index (χ1) is 16.0. The van der Waals surface area contributed by atoms with Gasteiger partial charge < -0.3 is 14.9 Å². The number of amides is 1. The quantitative estimate of drug-likeness (QED) is 0.365. The summed E-state index contributed by atoms with van der Waals surface area (Å²) in [5.74, 6) is -1.11. The Morgan fingerprint density at radius 2 is 1.76 bits per heavy atom. The van der Waals surface area contributed by atoms with E-state index in [0.29, 0.717) is 35.4 Å². The molecule has 2 N–H and O–H groups in total. The molecule has 5 rings (SSSR count). The fourth-order valence-corrected chi connectivity index (χ4v) is 4.26. The minimum Gasteiger partial charge on any atom is -0.508 e. The summed E-state index contributed by atoms with van der Waals surface area (Å²) in [5, 5.41) is 30.0. The largest absolute Gasteiger partial charge is 0.508 e. The van der Waals surface area contributed by atoms with Crippen molar-refractivity contribution in [3.63, 3.8) is 0 Å². The van der Waals surface area contributed by atoms with E-state index >= 15 is 0 Å². The number of fused-ring (bicyclic) bond motifs is 1. The van der Waals surface area contributed by atoms with Crippen LogP contribution >= 0.6 is 0 Å². The summed E-state index contributed by atoms with van der Waals surface area (Å²) in [6.07, 6.45) is 0.692. The number of nitrogens with zero attached hydrogens (tertiary/aromatic N) is 2. The van der Waals surface area contributed by atoms with E-state index in [9.17, 15) is 19.8 Å². The number of benzene rings is 3. The molecule has 1 saturated heterocycles. The molecule has 7 nitrogen and oxygen atoms in total. The molecular weight excluding hydrogens is 420 g/mol. The second kappa shape index (κ2) is 7.84. The molecule has 1 unspecified atom stereocenters. The molecule has 0 aromatic heterocycles. The summed E-state index contributed by atoms with van der Waals surface area (Å²) < 4.78 is 5.52. The van der Waals surface area contributed by atoms with E-state index in [4.69, 9.17) is 10.00 Å². The molecule has 3 aromatic carbocycles. The van der Waals surface area contributed by atoms with E-state index in [2.05, 4.69) is 0 Å². The second-order valence-corrected chi connectivity index (χ2v) is 7.84. The van der Waals surface area contributed by atoms with Crippen molar-refractivity contribution in [1.82, 2.24) is 0 Å². The molecule has 0 aliphatic carbocycles. The average molecular weight is 438 g/mol. The van der Waals surface area contributed by atoms with Gasteiger partial charge in [0, 0.05) is 17.7 Å². The number of phenols is 1. The van der Waals surface area contributed by atoms with Gasteiger partial charge in [0.1, 0.15) is 17.3 Å². The summed E-state index contributed by atoms with van der Waals surface area (Å²) in [7, 11) is 0. The SMILES string of the molecule is N#Cc1ccc(N2C(=O)C(=O)/C(=C(\O)c3ccc4c(c3)CCO4)C2c2ccc(O)cc2)cc1. The number of ketones is 1. The van der Waals surface area contributed by atoms with Gasteiger partial charge in [0.15, 0.2) is 0 Å². The van der Waals surface area contributed by atoms with Gasteiger partial charge in [0.25, 0.3) is 11.7 Å². The molecule has 162 valence electrons. The molecule has 1 amide bonds. The summed E-state index contributed by atoms with van der Waals surface area (Å²) in [5.41, 5.74) is 2.66. The topological polar surface area (TPSA) is 111 Å². The van der Waals surface area contributed by atoms with Crippen molar-refractivity contribution in [1.29, 1.82) is 5.26 Å². The maximum atomic E-state index is 13.2. The molecular formula is C26H18N2O5. The molecule has 1 fully saturated rings. The summed E-state index contributed by atoms with van der Waals surface area (Å²) >= 11 is 0. The molecule has 2 heterocycles. The van der Waals surface area contributed by atoms with Crippen molar-refractivity contribution in [2.24, 2.45) is 0 Å². The smallest absolute Gasteiger partial charge is 0.300 e. The highest BCUT2D eigenvalue weighted by Gasteiger charge is 2.47. The Morgan fingerprint density at radius 3 is 2.45 bits per heavy atom. The zero-order valence-corrected chi connectivity index (χ0v) is 17.4. The van der Waals surface area contributed by atoms with Crippen LogP contribution in [-0.4, -0.2) is 28.5 Å². The van der Waals surface area contributed by atoms with Crippen molar-refractivity contribution < 1.29 is 24.5 Å². The Kier molecular flexibility index (Phi) is 4.83. The van der Waals surface area contributed by atoms with Crippen LogP contribution in [0.25, 0.3) is 5.76 Å². The standard InChI is InChI=1S/C26H18N2O5/c27-14-15-1-6-19(7-2-15)28-23(16-3-8-20(29)9-4-16)22(25(31)26(28)32)24(30)18-5-10-21-17(13-18)11-12-33-21/h1-10,13,23,29-30H,11-12H2/b24-22-. The van der Waals surface area contributed by atoms with Gasteiger partial charge in [-0.2, -0.15) is 5.26 Å². The number of ether oxygens (including phenoxy) is 1. The van der Waals surface area contributed by atoms with Gasteiger partial charge in [-0.15, -0.1) is 0 Å². The normalized spacial score (nSPS) is 18.6. The lowest BCUT2D eigenvalue weighted by molar-refractivity contribution is -0.132. The number of Topliss-reactive ketones (excluding diaryl/α,β-unsaturated/α-hetero) is 1. The number of carbonyl (C=O) groups excluding carboxylic acids is 2. The summed E-state index contributed by atoms with van der Waals surface area (Å²) in [6.45, 7) is 0.552. The van der Waals surface area contributed by atoms with E-state index < -0.39 is 17.7 Å². The third-order valence-electron chi connectivity index (χ3n) is 5.89. The van der Waals surface area contributed by atoms with Crippen LogP contribution in [0.15, 0.2) is 72.3 Å². The zero-order valence-electron chi connectivity index (χ0n) is 17.4. The second-order valence-electron chi connectivity index (χ2n) is 7.84.